The number of imide groups is 1. The van der Waals surface area contributed by atoms with Crippen LogP contribution in [0.3, 0.4) is 0 Å². The van der Waals surface area contributed by atoms with Gasteiger partial charge in [0, 0.05) is 18.2 Å². The fraction of sp³-hybridized carbons (Fsp3) is 0.250. The van der Waals surface area contributed by atoms with Crippen molar-refractivity contribution in [2.24, 2.45) is 0 Å². The molecule has 3 rings (SSSR count). The van der Waals surface area contributed by atoms with E-state index in [2.05, 4.69) is 4.98 Å². The van der Waals surface area contributed by atoms with Crippen molar-refractivity contribution in [3.8, 4) is 17.4 Å². The highest BCUT2D eigenvalue weighted by Crippen LogP contribution is 2.36. The van der Waals surface area contributed by atoms with Gasteiger partial charge >= 0.3 is 0 Å². The number of aromatic nitrogens is 1. The molecule has 1 fully saturated rings. The van der Waals surface area contributed by atoms with E-state index in [4.69, 9.17) is 9.47 Å². The van der Waals surface area contributed by atoms with Crippen molar-refractivity contribution < 1.29 is 24.0 Å². The zero-order valence-corrected chi connectivity index (χ0v) is 17.3. The summed E-state index contributed by atoms with van der Waals surface area (Å²) in [5, 5.41) is 10.4. The maximum atomic E-state index is 12.6. The third-order valence-electron chi connectivity index (χ3n) is 4.49. The minimum Gasteiger partial charge on any atom is -0.493 e. The molecule has 1 aromatic heterocycles. The second kappa shape index (κ2) is 8.95. The Balaban J connectivity index is 1.82. The molecule has 0 unspecified atom stereocenters. The monoisotopic (exact) mass is 429 g/mol. The number of carbonyl (C=O) groups is 2. The molecule has 2 heterocycles. The molecule has 0 aliphatic carbocycles. The fourth-order valence-corrected chi connectivity index (χ4v) is 3.64. The highest BCUT2D eigenvalue weighted by atomic mass is 32.2. The van der Waals surface area contributed by atoms with Crippen LogP contribution in [0.4, 0.5) is 10.5 Å². The molecule has 156 valence electrons. The first-order valence-corrected chi connectivity index (χ1v) is 9.89. The Labute approximate surface area is 176 Å². The number of hydrogen-bond acceptors (Lipinski definition) is 8. The summed E-state index contributed by atoms with van der Waals surface area (Å²) in [6.45, 7) is 3.75. The number of carbonyl (C=O) groups excluding carboxylic acids is 2. The molecule has 9 nitrogen and oxygen atoms in total. The Kier molecular flexibility index (Phi) is 6.36. The van der Waals surface area contributed by atoms with E-state index < -0.39 is 4.92 Å². The van der Waals surface area contributed by atoms with Crippen LogP contribution in [0, 0.1) is 10.1 Å². The number of methoxy groups -OCH3 is 1. The molecule has 0 bridgehead atoms. The van der Waals surface area contributed by atoms with Crippen LogP contribution in [-0.4, -0.2) is 39.1 Å². The molecule has 0 saturated carbocycles. The van der Waals surface area contributed by atoms with Crippen LogP contribution in [-0.2, 0) is 4.79 Å². The van der Waals surface area contributed by atoms with Crippen LogP contribution < -0.4 is 9.47 Å². The Bertz CT molecular complexity index is 1020. The van der Waals surface area contributed by atoms with E-state index in [9.17, 15) is 19.7 Å². The maximum Gasteiger partial charge on any atom is 0.293 e. The molecule has 30 heavy (non-hydrogen) atoms. The van der Waals surface area contributed by atoms with Gasteiger partial charge < -0.3 is 9.47 Å². The number of hydrogen-bond donors (Lipinski definition) is 0. The topological polar surface area (TPSA) is 112 Å². The lowest BCUT2D eigenvalue weighted by molar-refractivity contribution is -0.385. The minimum absolute atomic E-state index is 0.143. The van der Waals surface area contributed by atoms with Crippen molar-refractivity contribution >= 4 is 34.7 Å². The van der Waals surface area contributed by atoms with Crippen molar-refractivity contribution in [1.82, 2.24) is 9.88 Å². The smallest absolute Gasteiger partial charge is 0.293 e. The van der Waals surface area contributed by atoms with Gasteiger partial charge in [-0.2, -0.15) is 0 Å². The quantitative estimate of drug-likeness (QED) is 0.356. The first kappa shape index (κ1) is 21.3. The van der Waals surface area contributed by atoms with Gasteiger partial charge in [-0.3, -0.25) is 24.6 Å². The van der Waals surface area contributed by atoms with Crippen molar-refractivity contribution in [2.75, 3.05) is 7.11 Å². The summed E-state index contributed by atoms with van der Waals surface area (Å²) in [7, 11) is 1.46. The van der Waals surface area contributed by atoms with Crippen LogP contribution >= 0.6 is 11.8 Å². The molecule has 1 atom stereocenters. The maximum absolute atomic E-state index is 12.6. The second-order valence-electron chi connectivity index (χ2n) is 6.43. The summed E-state index contributed by atoms with van der Waals surface area (Å²) in [6.07, 6.45) is 3.41. The third-order valence-corrected chi connectivity index (χ3v) is 5.37. The van der Waals surface area contributed by atoms with Gasteiger partial charge in [-0.05, 0) is 48.9 Å². The average Bonchev–Trinajstić information content (AvgIpc) is 3.01. The first-order valence-electron chi connectivity index (χ1n) is 9.07. The number of amides is 2. The van der Waals surface area contributed by atoms with E-state index >= 15 is 0 Å². The van der Waals surface area contributed by atoms with Crippen molar-refractivity contribution in [3.05, 3.63) is 57.1 Å². The van der Waals surface area contributed by atoms with Crippen LogP contribution in [0.1, 0.15) is 25.8 Å². The zero-order valence-electron chi connectivity index (χ0n) is 16.5. The largest absolute Gasteiger partial charge is 0.493 e. The molecule has 2 amide bonds. The van der Waals surface area contributed by atoms with E-state index in [0.717, 1.165) is 18.0 Å². The third kappa shape index (κ3) is 4.43. The minimum atomic E-state index is -0.547. The summed E-state index contributed by atoms with van der Waals surface area (Å²) in [5.74, 6) is 0.587. The van der Waals surface area contributed by atoms with E-state index in [1.54, 1.807) is 24.3 Å². The summed E-state index contributed by atoms with van der Waals surface area (Å²) < 4.78 is 11.0. The normalized spacial score (nSPS) is 16.1. The Morgan fingerprint density at radius 2 is 2.03 bits per heavy atom. The van der Waals surface area contributed by atoms with Crippen LogP contribution in [0.5, 0.6) is 17.4 Å². The number of nitro groups is 1. The summed E-state index contributed by atoms with van der Waals surface area (Å²) in [6, 6.07) is 7.51. The molecule has 2 aromatic rings. The Morgan fingerprint density at radius 3 is 2.63 bits per heavy atom. The lowest BCUT2D eigenvalue weighted by Crippen LogP contribution is -2.36. The number of pyridine rings is 1. The molecule has 0 radical (unpaired) electrons. The van der Waals surface area contributed by atoms with Crippen LogP contribution in [0.2, 0.25) is 0 Å². The number of ether oxygens (including phenoxy) is 2. The van der Waals surface area contributed by atoms with Crippen LogP contribution in [0.25, 0.3) is 6.08 Å². The summed E-state index contributed by atoms with van der Waals surface area (Å²) in [4.78, 5) is 40.4. The molecule has 1 saturated heterocycles. The van der Waals surface area contributed by atoms with E-state index in [1.165, 1.54) is 24.1 Å². The number of benzene rings is 1. The Morgan fingerprint density at radius 1 is 1.27 bits per heavy atom. The molecule has 1 aromatic carbocycles. The predicted octanol–water partition coefficient (Wildman–Crippen LogP) is 4.63. The predicted molar refractivity (Wildman–Crippen MR) is 112 cm³/mol. The van der Waals surface area contributed by atoms with Crippen molar-refractivity contribution in [2.45, 2.75) is 26.3 Å². The van der Waals surface area contributed by atoms with Gasteiger partial charge in [0.2, 0.25) is 5.88 Å². The molecular weight excluding hydrogens is 410 g/mol. The fourth-order valence-electron chi connectivity index (χ4n) is 2.71. The molecule has 10 heteroatoms. The van der Waals surface area contributed by atoms with Gasteiger partial charge in [-0.1, -0.05) is 13.0 Å². The lowest BCUT2D eigenvalue weighted by atomic mass is 10.1. The van der Waals surface area contributed by atoms with Gasteiger partial charge in [0.25, 0.3) is 16.8 Å². The standard InChI is InChI=1S/C20H19N3O6S/c1-4-12(2)22-19(24)17(30-20(22)25)10-13-5-7-15(16(9-13)28-3)29-18-8-6-14(11-21-18)23(26)27/h5-12H,4H2,1-3H3/b17-10-/t12-/m1/s1. The lowest BCUT2D eigenvalue weighted by Gasteiger charge is -2.19. The van der Waals surface area contributed by atoms with Gasteiger partial charge in [0.15, 0.2) is 11.5 Å². The second-order valence-corrected chi connectivity index (χ2v) is 7.43. The molecule has 0 spiro atoms. The first-order chi connectivity index (χ1) is 14.3. The van der Waals surface area contributed by atoms with E-state index in [0.29, 0.717) is 28.4 Å². The van der Waals surface area contributed by atoms with Gasteiger partial charge in [-0.25, -0.2) is 4.98 Å². The zero-order chi connectivity index (χ0) is 21.8. The van der Waals surface area contributed by atoms with E-state index in [-0.39, 0.29) is 28.8 Å². The van der Waals surface area contributed by atoms with Crippen molar-refractivity contribution in [1.29, 1.82) is 0 Å². The summed E-state index contributed by atoms with van der Waals surface area (Å²) in [5.41, 5.74) is 0.515. The summed E-state index contributed by atoms with van der Waals surface area (Å²) >= 11 is 0.906. The molecule has 1 aliphatic heterocycles. The van der Waals surface area contributed by atoms with Gasteiger partial charge in [0.05, 0.1) is 16.9 Å². The van der Waals surface area contributed by atoms with Crippen molar-refractivity contribution in [3.63, 3.8) is 0 Å². The number of rotatable bonds is 7. The highest BCUT2D eigenvalue weighted by Gasteiger charge is 2.37. The van der Waals surface area contributed by atoms with Gasteiger partial charge in [0.1, 0.15) is 6.20 Å². The van der Waals surface area contributed by atoms with Crippen LogP contribution in [0.15, 0.2) is 41.4 Å². The SMILES string of the molecule is CC[C@@H](C)N1C(=O)S/C(=C\c2ccc(Oc3ccc([N+](=O)[O-])cn3)c(OC)c2)C1=O. The molecular formula is C20H19N3O6S. The average molecular weight is 429 g/mol. The van der Waals surface area contributed by atoms with Gasteiger partial charge in [-0.15, -0.1) is 0 Å². The number of nitrogens with zero attached hydrogens (tertiary/aromatic N) is 3. The number of thioether (sulfide) groups is 1. The molecule has 0 N–H and O–H groups in total. The van der Waals surface area contributed by atoms with E-state index in [1.807, 2.05) is 13.8 Å². The highest BCUT2D eigenvalue weighted by molar-refractivity contribution is 8.18. The Hall–Kier alpha value is -3.40. The molecule has 1 aliphatic rings.